The van der Waals surface area contributed by atoms with Gasteiger partial charge >= 0.3 is 6.03 Å². The Morgan fingerprint density at radius 2 is 1.87 bits per heavy atom. The van der Waals surface area contributed by atoms with E-state index in [4.69, 9.17) is 0 Å². The molecule has 1 fully saturated rings. The third kappa shape index (κ3) is 4.68. The van der Waals surface area contributed by atoms with Gasteiger partial charge in [-0.2, -0.15) is 0 Å². The number of hydrogen-bond donors (Lipinski definition) is 1. The maximum atomic E-state index is 12.9. The van der Waals surface area contributed by atoms with Crippen molar-refractivity contribution in [1.82, 2.24) is 15.1 Å². The molecule has 1 aromatic rings. The van der Waals surface area contributed by atoms with Crippen LogP contribution in [0.4, 0.5) is 9.18 Å². The lowest BCUT2D eigenvalue weighted by Gasteiger charge is -2.35. The van der Waals surface area contributed by atoms with E-state index in [-0.39, 0.29) is 30.3 Å². The Hall–Kier alpha value is -2.11. The second-order valence-corrected chi connectivity index (χ2v) is 5.83. The fourth-order valence-electron chi connectivity index (χ4n) is 2.62. The molecule has 0 unspecified atom stereocenters. The van der Waals surface area contributed by atoms with E-state index in [1.54, 1.807) is 21.9 Å². The van der Waals surface area contributed by atoms with Gasteiger partial charge in [0.2, 0.25) is 5.91 Å². The second kappa shape index (κ2) is 7.94. The molecule has 5 nitrogen and oxygen atoms in total. The third-order valence-electron chi connectivity index (χ3n) is 4.21. The Bertz CT molecular complexity index is 543. The first-order valence-electron chi connectivity index (χ1n) is 8.11. The molecule has 126 valence electrons. The van der Waals surface area contributed by atoms with Crippen LogP contribution in [-0.4, -0.2) is 47.4 Å². The van der Waals surface area contributed by atoms with Crippen molar-refractivity contribution in [3.8, 4) is 0 Å². The van der Waals surface area contributed by atoms with Gasteiger partial charge in [-0.05, 0) is 30.5 Å². The average Bonchev–Trinajstić information content (AvgIpc) is 2.56. The van der Waals surface area contributed by atoms with Gasteiger partial charge in [0, 0.05) is 25.7 Å². The normalized spacial score (nSPS) is 15.2. The van der Waals surface area contributed by atoms with Gasteiger partial charge in [-0.15, -0.1) is 0 Å². The van der Waals surface area contributed by atoms with E-state index < -0.39 is 0 Å². The summed E-state index contributed by atoms with van der Waals surface area (Å²) in [5.74, 6) is -0.372. The summed E-state index contributed by atoms with van der Waals surface area (Å²) in [6.45, 7) is 5.60. The predicted octanol–water partition coefficient (Wildman–Crippen LogP) is 2.37. The SMILES string of the molecule is CCC(CC)NC(=O)N1CCN(Cc2ccc(F)cc2)C(=O)C1. The Labute approximate surface area is 136 Å². The van der Waals surface area contributed by atoms with Crippen molar-refractivity contribution in [2.75, 3.05) is 19.6 Å². The van der Waals surface area contributed by atoms with Gasteiger partial charge < -0.3 is 15.1 Å². The fourth-order valence-corrected chi connectivity index (χ4v) is 2.62. The monoisotopic (exact) mass is 321 g/mol. The van der Waals surface area contributed by atoms with Crippen LogP contribution in [-0.2, 0) is 11.3 Å². The smallest absolute Gasteiger partial charge is 0.318 e. The van der Waals surface area contributed by atoms with Crippen LogP contribution in [0.5, 0.6) is 0 Å². The summed E-state index contributed by atoms with van der Waals surface area (Å²) < 4.78 is 12.9. The largest absolute Gasteiger partial charge is 0.335 e. The number of benzene rings is 1. The molecule has 1 saturated heterocycles. The molecule has 1 N–H and O–H groups in total. The lowest BCUT2D eigenvalue weighted by molar-refractivity contribution is -0.135. The zero-order valence-electron chi connectivity index (χ0n) is 13.7. The molecule has 0 radical (unpaired) electrons. The highest BCUT2D eigenvalue weighted by Gasteiger charge is 2.27. The number of halogens is 1. The zero-order valence-corrected chi connectivity index (χ0v) is 13.7. The molecule has 1 heterocycles. The molecule has 0 saturated carbocycles. The summed E-state index contributed by atoms with van der Waals surface area (Å²) in [6.07, 6.45) is 1.75. The molecule has 1 aliphatic rings. The average molecular weight is 321 g/mol. The molecule has 1 aliphatic heterocycles. The van der Waals surface area contributed by atoms with Gasteiger partial charge in [0.05, 0.1) is 0 Å². The van der Waals surface area contributed by atoms with Crippen LogP contribution in [0.3, 0.4) is 0 Å². The molecule has 1 aromatic carbocycles. The van der Waals surface area contributed by atoms with Crippen molar-refractivity contribution in [1.29, 1.82) is 0 Å². The summed E-state index contributed by atoms with van der Waals surface area (Å²) >= 11 is 0. The van der Waals surface area contributed by atoms with Crippen molar-refractivity contribution in [3.05, 3.63) is 35.6 Å². The molecule has 2 rings (SSSR count). The van der Waals surface area contributed by atoms with Crippen molar-refractivity contribution in [2.24, 2.45) is 0 Å². The number of nitrogens with one attached hydrogen (secondary N) is 1. The molecule has 3 amide bonds. The summed E-state index contributed by atoms with van der Waals surface area (Å²) in [4.78, 5) is 27.7. The number of carbonyl (C=O) groups is 2. The first kappa shape index (κ1) is 17.2. The number of amides is 3. The van der Waals surface area contributed by atoms with E-state index in [0.29, 0.717) is 19.6 Å². The number of rotatable bonds is 5. The quantitative estimate of drug-likeness (QED) is 0.905. The minimum atomic E-state index is -0.289. The van der Waals surface area contributed by atoms with Gasteiger partial charge in [-0.25, -0.2) is 9.18 Å². The van der Waals surface area contributed by atoms with Crippen LogP contribution in [0.1, 0.15) is 32.3 Å². The number of piperazine rings is 1. The molecule has 23 heavy (non-hydrogen) atoms. The van der Waals surface area contributed by atoms with Crippen LogP contribution in [0.2, 0.25) is 0 Å². The van der Waals surface area contributed by atoms with E-state index >= 15 is 0 Å². The van der Waals surface area contributed by atoms with Crippen LogP contribution in [0, 0.1) is 5.82 Å². The number of carbonyl (C=O) groups excluding carboxylic acids is 2. The van der Waals surface area contributed by atoms with Gasteiger partial charge in [0.25, 0.3) is 0 Å². The maximum absolute atomic E-state index is 12.9. The molecular formula is C17H24FN3O2. The molecule has 0 bridgehead atoms. The molecule has 0 aliphatic carbocycles. The highest BCUT2D eigenvalue weighted by molar-refractivity contribution is 5.85. The molecule has 6 heteroatoms. The van der Waals surface area contributed by atoms with Crippen molar-refractivity contribution in [3.63, 3.8) is 0 Å². The molecule has 0 spiro atoms. The highest BCUT2D eigenvalue weighted by Crippen LogP contribution is 2.11. The minimum absolute atomic E-state index is 0.0831. The minimum Gasteiger partial charge on any atom is -0.335 e. The van der Waals surface area contributed by atoms with Crippen LogP contribution in [0.15, 0.2) is 24.3 Å². The van der Waals surface area contributed by atoms with E-state index in [1.165, 1.54) is 12.1 Å². The van der Waals surface area contributed by atoms with Gasteiger partial charge in [0.1, 0.15) is 12.4 Å². The van der Waals surface area contributed by atoms with E-state index in [9.17, 15) is 14.0 Å². The van der Waals surface area contributed by atoms with Gasteiger partial charge in [0.15, 0.2) is 0 Å². The Kier molecular flexibility index (Phi) is 5.96. The summed E-state index contributed by atoms with van der Waals surface area (Å²) in [6, 6.07) is 6.10. The van der Waals surface area contributed by atoms with E-state index in [0.717, 1.165) is 18.4 Å². The van der Waals surface area contributed by atoms with E-state index in [2.05, 4.69) is 5.32 Å². The summed E-state index contributed by atoms with van der Waals surface area (Å²) in [5.41, 5.74) is 0.884. The Balaban J connectivity index is 1.88. The number of hydrogen-bond acceptors (Lipinski definition) is 2. The van der Waals surface area contributed by atoms with Crippen LogP contribution < -0.4 is 5.32 Å². The first-order chi connectivity index (χ1) is 11.0. The van der Waals surface area contributed by atoms with Crippen molar-refractivity contribution < 1.29 is 14.0 Å². The molecular weight excluding hydrogens is 297 g/mol. The van der Waals surface area contributed by atoms with Gasteiger partial charge in [-0.3, -0.25) is 4.79 Å². The lowest BCUT2D eigenvalue weighted by Crippen LogP contribution is -2.55. The molecule has 0 atom stereocenters. The Morgan fingerprint density at radius 1 is 1.22 bits per heavy atom. The number of urea groups is 1. The number of nitrogens with zero attached hydrogens (tertiary/aromatic N) is 2. The maximum Gasteiger partial charge on any atom is 0.318 e. The van der Waals surface area contributed by atoms with Crippen molar-refractivity contribution >= 4 is 11.9 Å². The van der Waals surface area contributed by atoms with Crippen LogP contribution >= 0.6 is 0 Å². The summed E-state index contributed by atoms with van der Waals surface area (Å²) in [5, 5.41) is 2.95. The topological polar surface area (TPSA) is 52.7 Å². The first-order valence-corrected chi connectivity index (χ1v) is 8.11. The van der Waals surface area contributed by atoms with E-state index in [1.807, 2.05) is 13.8 Å². The highest BCUT2D eigenvalue weighted by atomic mass is 19.1. The fraction of sp³-hybridized carbons (Fsp3) is 0.529. The van der Waals surface area contributed by atoms with Gasteiger partial charge in [-0.1, -0.05) is 26.0 Å². The van der Waals surface area contributed by atoms with Crippen LogP contribution in [0.25, 0.3) is 0 Å². The second-order valence-electron chi connectivity index (χ2n) is 5.83. The molecule has 0 aromatic heterocycles. The Morgan fingerprint density at radius 3 is 2.43 bits per heavy atom. The lowest BCUT2D eigenvalue weighted by atomic mass is 10.2. The van der Waals surface area contributed by atoms with Crippen molar-refractivity contribution in [2.45, 2.75) is 39.3 Å². The summed E-state index contributed by atoms with van der Waals surface area (Å²) in [7, 11) is 0. The predicted molar refractivity (Wildman–Crippen MR) is 86.3 cm³/mol. The standard InChI is InChI=1S/C17H24FN3O2/c1-3-15(4-2)19-17(23)21-10-9-20(16(22)12-21)11-13-5-7-14(18)8-6-13/h5-8,15H,3-4,9-12H2,1-2H3,(H,19,23). The zero-order chi connectivity index (χ0) is 16.8. The third-order valence-corrected chi connectivity index (χ3v) is 4.21.